The highest BCUT2D eigenvalue weighted by atomic mass is 35.5. The summed E-state index contributed by atoms with van der Waals surface area (Å²) in [6.07, 6.45) is 5.11. The summed E-state index contributed by atoms with van der Waals surface area (Å²) in [7, 11) is -4.33. The molecular weight excluding hydrogens is 681 g/mol. The summed E-state index contributed by atoms with van der Waals surface area (Å²) in [4.78, 5) is 30.5. The first-order valence-electron chi connectivity index (χ1n) is 16.5. The van der Waals surface area contributed by atoms with E-state index in [2.05, 4.69) is 5.32 Å². The number of hydrogen-bond acceptors (Lipinski definition) is 5. The second-order valence-corrected chi connectivity index (χ2v) is 14.7. The van der Waals surface area contributed by atoms with Crippen molar-refractivity contribution in [3.63, 3.8) is 0 Å². The van der Waals surface area contributed by atoms with Crippen molar-refractivity contribution in [1.82, 2.24) is 10.2 Å². The Morgan fingerprint density at radius 1 is 0.857 bits per heavy atom. The van der Waals surface area contributed by atoms with Gasteiger partial charge in [0.15, 0.2) is 0 Å². The van der Waals surface area contributed by atoms with Crippen LogP contribution >= 0.6 is 23.2 Å². The predicted molar refractivity (Wildman–Crippen MR) is 195 cm³/mol. The zero-order valence-electron chi connectivity index (χ0n) is 27.4. The number of benzene rings is 4. The van der Waals surface area contributed by atoms with Crippen LogP contribution in [0.25, 0.3) is 0 Å². The number of halogens is 2. The molecule has 2 amide bonds. The fraction of sp³-hybridized carbons (Fsp3) is 0.316. The molecule has 0 bridgehead atoms. The average Bonchev–Trinajstić information content (AvgIpc) is 3.11. The molecule has 1 atom stereocenters. The molecule has 1 fully saturated rings. The van der Waals surface area contributed by atoms with Crippen molar-refractivity contribution in [1.29, 1.82) is 0 Å². The molecule has 258 valence electrons. The Balaban J connectivity index is 1.60. The van der Waals surface area contributed by atoms with E-state index in [1.54, 1.807) is 49.4 Å². The smallest absolute Gasteiger partial charge is 0.264 e. The van der Waals surface area contributed by atoms with Crippen molar-refractivity contribution < 1.29 is 22.7 Å². The van der Waals surface area contributed by atoms with E-state index in [0.717, 1.165) is 42.0 Å². The molecule has 4 aromatic carbocycles. The third-order valence-electron chi connectivity index (χ3n) is 8.64. The topological polar surface area (TPSA) is 96.0 Å². The third-order valence-corrected chi connectivity index (χ3v) is 11.0. The number of anilines is 1. The number of para-hydroxylation sites is 2. The second-order valence-electron chi connectivity index (χ2n) is 12.0. The quantitative estimate of drug-likeness (QED) is 0.144. The van der Waals surface area contributed by atoms with Crippen molar-refractivity contribution in [2.75, 3.05) is 17.5 Å². The molecular formula is C38H41Cl2N3O5S. The van der Waals surface area contributed by atoms with Crippen LogP contribution in [0.2, 0.25) is 10.0 Å². The van der Waals surface area contributed by atoms with E-state index in [4.69, 9.17) is 27.9 Å². The lowest BCUT2D eigenvalue weighted by Gasteiger charge is -2.35. The number of rotatable bonds is 14. The number of sulfonamides is 1. The van der Waals surface area contributed by atoms with Crippen LogP contribution in [-0.2, 0) is 32.6 Å². The molecule has 0 heterocycles. The van der Waals surface area contributed by atoms with Gasteiger partial charge >= 0.3 is 0 Å². The van der Waals surface area contributed by atoms with E-state index >= 15 is 0 Å². The van der Waals surface area contributed by atoms with Crippen LogP contribution in [-0.4, -0.2) is 50.4 Å². The standard InChI is InChI=1S/C38H41Cl2N3O5S/c1-2-48-36-20-12-11-19-34(36)43(49(46,47)32-23-21-30(39)22-24-32)27-37(44)42(26-29-15-9-10-18-33(29)40)35(25-28-13-5-3-6-14-28)38(45)41-31-16-7-4-8-17-31/h3,5-6,9-15,18-24,31,35H,2,4,7-8,16-17,25-27H2,1H3,(H,41,45)/t35-/m0/s1. The molecule has 0 radical (unpaired) electrons. The van der Waals surface area contributed by atoms with Crippen molar-refractivity contribution in [2.24, 2.45) is 0 Å². The van der Waals surface area contributed by atoms with Gasteiger partial charge < -0.3 is 15.0 Å². The first-order chi connectivity index (χ1) is 23.7. The summed E-state index contributed by atoms with van der Waals surface area (Å²) < 4.78 is 35.6. The first-order valence-corrected chi connectivity index (χ1v) is 18.7. The molecule has 5 rings (SSSR count). The van der Waals surface area contributed by atoms with Crippen molar-refractivity contribution in [3.05, 3.63) is 124 Å². The number of amides is 2. The van der Waals surface area contributed by atoms with E-state index in [9.17, 15) is 18.0 Å². The van der Waals surface area contributed by atoms with Crippen LogP contribution in [0.3, 0.4) is 0 Å². The molecule has 0 saturated heterocycles. The number of ether oxygens (including phenoxy) is 1. The van der Waals surface area contributed by atoms with Gasteiger partial charge in [-0.05, 0) is 73.4 Å². The summed E-state index contributed by atoms with van der Waals surface area (Å²) in [6, 6.07) is 28.1. The van der Waals surface area contributed by atoms with Crippen LogP contribution in [0.1, 0.15) is 50.2 Å². The van der Waals surface area contributed by atoms with Crippen molar-refractivity contribution in [2.45, 2.75) is 69.0 Å². The SMILES string of the molecule is CCOc1ccccc1N(CC(=O)N(Cc1ccccc1Cl)[C@@H](Cc1ccccc1)C(=O)NC1CCCCC1)S(=O)(=O)c1ccc(Cl)cc1. The first kappa shape index (κ1) is 36.2. The Hall–Kier alpha value is -4.05. The van der Waals surface area contributed by atoms with Crippen molar-refractivity contribution >= 4 is 50.7 Å². The molecule has 4 aromatic rings. The minimum atomic E-state index is -4.33. The highest BCUT2D eigenvalue weighted by Gasteiger charge is 2.36. The van der Waals surface area contributed by atoms with Crippen LogP contribution in [0.5, 0.6) is 5.75 Å². The van der Waals surface area contributed by atoms with Gasteiger partial charge in [-0.3, -0.25) is 13.9 Å². The van der Waals surface area contributed by atoms with Gasteiger partial charge in [0.25, 0.3) is 10.0 Å². The van der Waals surface area contributed by atoms with Crippen LogP contribution in [0.15, 0.2) is 108 Å². The molecule has 0 spiro atoms. The van der Waals surface area contributed by atoms with Gasteiger partial charge in [-0.2, -0.15) is 0 Å². The molecule has 49 heavy (non-hydrogen) atoms. The van der Waals surface area contributed by atoms with Crippen molar-refractivity contribution in [3.8, 4) is 5.75 Å². The van der Waals surface area contributed by atoms with Gasteiger partial charge in [-0.1, -0.05) is 103 Å². The highest BCUT2D eigenvalue weighted by molar-refractivity contribution is 7.92. The molecule has 0 aromatic heterocycles. The number of nitrogens with zero attached hydrogens (tertiary/aromatic N) is 2. The Bertz CT molecular complexity index is 1820. The summed E-state index contributed by atoms with van der Waals surface area (Å²) in [5.41, 5.74) is 1.68. The minimum Gasteiger partial charge on any atom is -0.492 e. The molecule has 8 nitrogen and oxygen atoms in total. The third kappa shape index (κ3) is 9.35. The van der Waals surface area contributed by atoms with Gasteiger partial charge in [-0.25, -0.2) is 8.42 Å². The summed E-state index contributed by atoms with van der Waals surface area (Å²) >= 11 is 12.7. The molecule has 0 aliphatic heterocycles. The summed E-state index contributed by atoms with van der Waals surface area (Å²) in [6.45, 7) is 1.45. The molecule has 1 aliphatic rings. The molecule has 1 N–H and O–H groups in total. The Labute approximate surface area is 299 Å². The molecule has 11 heteroatoms. The number of carbonyl (C=O) groups excluding carboxylic acids is 2. The van der Waals surface area contributed by atoms with Gasteiger partial charge in [0, 0.05) is 29.1 Å². The Morgan fingerprint density at radius 3 is 2.20 bits per heavy atom. The van der Waals surface area contributed by atoms with E-state index in [1.165, 1.54) is 29.2 Å². The van der Waals surface area contributed by atoms with Crippen LogP contribution in [0.4, 0.5) is 5.69 Å². The maximum Gasteiger partial charge on any atom is 0.264 e. The lowest BCUT2D eigenvalue weighted by atomic mass is 9.94. The van der Waals surface area contributed by atoms with E-state index < -0.39 is 28.5 Å². The summed E-state index contributed by atoms with van der Waals surface area (Å²) in [5.74, 6) is -0.578. The van der Waals surface area contributed by atoms with Gasteiger partial charge in [-0.15, -0.1) is 0 Å². The largest absolute Gasteiger partial charge is 0.492 e. The Morgan fingerprint density at radius 2 is 1.51 bits per heavy atom. The zero-order valence-corrected chi connectivity index (χ0v) is 29.8. The average molecular weight is 723 g/mol. The lowest BCUT2D eigenvalue weighted by Crippen LogP contribution is -2.55. The zero-order chi connectivity index (χ0) is 34.8. The number of nitrogens with one attached hydrogen (secondary N) is 1. The van der Waals surface area contributed by atoms with E-state index in [-0.39, 0.29) is 42.1 Å². The molecule has 0 unspecified atom stereocenters. The summed E-state index contributed by atoms with van der Waals surface area (Å²) in [5, 5.41) is 4.02. The predicted octanol–water partition coefficient (Wildman–Crippen LogP) is 7.68. The highest BCUT2D eigenvalue weighted by Crippen LogP contribution is 2.33. The Kier molecular flexibility index (Phi) is 12.6. The fourth-order valence-corrected chi connectivity index (χ4v) is 7.84. The van der Waals surface area contributed by atoms with Crippen LogP contribution < -0.4 is 14.4 Å². The maximum atomic E-state index is 14.8. The van der Waals surface area contributed by atoms with Gasteiger partial charge in [0.1, 0.15) is 18.3 Å². The van der Waals surface area contributed by atoms with Gasteiger partial charge in [0.2, 0.25) is 11.8 Å². The van der Waals surface area contributed by atoms with Gasteiger partial charge in [0.05, 0.1) is 17.2 Å². The maximum absolute atomic E-state index is 14.8. The lowest BCUT2D eigenvalue weighted by molar-refractivity contribution is -0.140. The minimum absolute atomic E-state index is 0.00311. The van der Waals surface area contributed by atoms with Crippen LogP contribution in [0, 0.1) is 0 Å². The molecule has 1 saturated carbocycles. The van der Waals surface area contributed by atoms with E-state index in [0.29, 0.717) is 21.4 Å². The second kappa shape index (κ2) is 17.1. The normalized spacial score (nSPS) is 14.1. The monoisotopic (exact) mass is 721 g/mol. The van der Waals surface area contributed by atoms with E-state index in [1.807, 2.05) is 36.4 Å². The number of hydrogen-bond donors (Lipinski definition) is 1. The number of carbonyl (C=O) groups is 2. The molecule has 1 aliphatic carbocycles. The fourth-order valence-electron chi connectivity index (χ4n) is 6.10.